The van der Waals surface area contributed by atoms with Gasteiger partial charge < -0.3 is 5.32 Å². The highest BCUT2D eigenvalue weighted by molar-refractivity contribution is 5.78. The van der Waals surface area contributed by atoms with Crippen molar-refractivity contribution < 1.29 is 4.79 Å². The van der Waals surface area contributed by atoms with E-state index in [2.05, 4.69) is 33.7 Å². The summed E-state index contributed by atoms with van der Waals surface area (Å²) in [6, 6.07) is 1.93. The average Bonchev–Trinajstić information content (AvgIpc) is 2.87. The molecule has 8 atom stereocenters. The normalized spacial score (nSPS) is 40.2. The number of allylic oxidation sites excluding steroid dienone is 4. The number of aromatic nitrogens is 2. The standard InChI is InChI=1S/C28H37N3O/c32-28(29-16-18-13-14-30-31-17-18)21-6-5-20-8-10-25-24-9-7-19-3-1-2-4-22(19)23(24)11-12-26(25)27(20)15-21/h2,4,11,13-14,17,19-22,24-27H,1,3,5-10,12,15-16H2,(H,29,32). The van der Waals surface area contributed by atoms with Gasteiger partial charge >= 0.3 is 0 Å². The van der Waals surface area contributed by atoms with Crippen molar-refractivity contribution in [2.75, 3.05) is 0 Å². The van der Waals surface area contributed by atoms with Crippen LogP contribution in [0.25, 0.3) is 0 Å². The smallest absolute Gasteiger partial charge is 0.223 e. The minimum Gasteiger partial charge on any atom is -0.352 e. The molecule has 4 nitrogen and oxygen atoms in total. The summed E-state index contributed by atoms with van der Waals surface area (Å²) in [5.74, 6) is 6.21. The minimum atomic E-state index is 0.187. The molecule has 32 heavy (non-hydrogen) atoms. The number of carbonyl (C=O) groups excluding carboxylic acids is 1. The molecule has 0 spiro atoms. The Kier molecular flexibility index (Phi) is 5.64. The Bertz CT molecular complexity index is 893. The Morgan fingerprint density at radius 2 is 1.88 bits per heavy atom. The van der Waals surface area contributed by atoms with Crippen LogP contribution in [0.2, 0.25) is 0 Å². The molecule has 1 aromatic heterocycles. The Balaban J connectivity index is 1.15. The lowest BCUT2D eigenvalue weighted by atomic mass is 9.51. The second kappa shape index (κ2) is 8.76. The zero-order chi connectivity index (χ0) is 21.5. The summed E-state index contributed by atoms with van der Waals surface area (Å²) in [5.41, 5.74) is 2.84. The van der Waals surface area contributed by atoms with Crippen LogP contribution in [0.3, 0.4) is 0 Å². The number of carbonyl (C=O) groups is 1. The molecule has 0 bridgehead atoms. The number of fused-ring (bicyclic) bond motifs is 7. The maximum atomic E-state index is 13.0. The molecule has 6 rings (SSSR count). The second-order valence-electron chi connectivity index (χ2n) is 11.2. The van der Waals surface area contributed by atoms with E-state index in [0.717, 1.165) is 59.8 Å². The molecule has 1 aromatic rings. The summed E-state index contributed by atoms with van der Waals surface area (Å²) < 4.78 is 0. The molecule has 5 aliphatic rings. The number of hydrogen-bond donors (Lipinski definition) is 1. The van der Waals surface area contributed by atoms with Crippen LogP contribution in [0.1, 0.15) is 69.8 Å². The van der Waals surface area contributed by atoms with Crippen molar-refractivity contribution in [1.29, 1.82) is 0 Å². The van der Waals surface area contributed by atoms with E-state index in [1.165, 1.54) is 51.4 Å². The van der Waals surface area contributed by atoms with Crippen LogP contribution >= 0.6 is 0 Å². The maximum Gasteiger partial charge on any atom is 0.223 e. The molecule has 3 saturated carbocycles. The van der Waals surface area contributed by atoms with Crippen molar-refractivity contribution in [3.05, 3.63) is 47.8 Å². The highest BCUT2D eigenvalue weighted by Gasteiger charge is 2.49. The van der Waals surface area contributed by atoms with Gasteiger partial charge in [-0.2, -0.15) is 10.2 Å². The fraction of sp³-hybridized carbons (Fsp3) is 0.679. The Labute approximate surface area is 192 Å². The van der Waals surface area contributed by atoms with Crippen LogP contribution in [0.5, 0.6) is 0 Å². The molecule has 0 aromatic carbocycles. The van der Waals surface area contributed by atoms with Crippen LogP contribution < -0.4 is 5.32 Å². The van der Waals surface area contributed by atoms with Gasteiger partial charge in [-0.25, -0.2) is 0 Å². The molecule has 3 fully saturated rings. The molecule has 8 unspecified atom stereocenters. The first-order valence-corrected chi connectivity index (χ1v) is 13.2. The molecule has 0 radical (unpaired) electrons. The van der Waals surface area contributed by atoms with Gasteiger partial charge in [-0.3, -0.25) is 4.79 Å². The van der Waals surface area contributed by atoms with E-state index in [-0.39, 0.29) is 11.8 Å². The van der Waals surface area contributed by atoms with Gasteiger partial charge in [0.1, 0.15) is 0 Å². The topological polar surface area (TPSA) is 54.9 Å². The Morgan fingerprint density at radius 1 is 0.969 bits per heavy atom. The first-order chi connectivity index (χ1) is 15.8. The fourth-order valence-corrected chi connectivity index (χ4v) is 8.36. The second-order valence-corrected chi connectivity index (χ2v) is 11.2. The van der Waals surface area contributed by atoms with Gasteiger partial charge in [0, 0.05) is 24.6 Å². The molecule has 1 heterocycles. The van der Waals surface area contributed by atoms with Crippen LogP contribution in [-0.4, -0.2) is 16.1 Å². The van der Waals surface area contributed by atoms with Crippen LogP contribution in [-0.2, 0) is 11.3 Å². The lowest BCUT2D eigenvalue weighted by molar-refractivity contribution is -0.128. The van der Waals surface area contributed by atoms with Crippen molar-refractivity contribution in [3.63, 3.8) is 0 Å². The van der Waals surface area contributed by atoms with Gasteiger partial charge in [0.2, 0.25) is 5.91 Å². The molecule has 0 aliphatic heterocycles. The van der Waals surface area contributed by atoms with E-state index in [0.29, 0.717) is 6.54 Å². The van der Waals surface area contributed by atoms with Crippen LogP contribution in [0, 0.1) is 47.3 Å². The van der Waals surface area contributed by atoms with Gasteiger partial charge in [0.25, 0.3) is 0 Å². The largest absolute Gasteiger partial charge is 0.352 e. The number of nitrogens with one attached hydrogen (secondary N) is 1. The highest BCUT2D eigenvalue weighted by atomic mass is 16.1. The van der Waals surface area contributed by atoms with Crippen molar-refractivity contribution in [2.45, 2.75) is 70.8 Å². The summed E-state index contributed by atoms with van der Waals surface area (Å²) in [7, 11) is 0. The van der Waals surface area contributed by atoms with Crippen molar-refractivity contribution in [2.24, 2.45) is 47.3 Å². The molecule has 5 aliphatic carbocycles. The zero-order valence-electron chi connectivity index (χ0n) is 19.2. The third kappa shape index (κ3) is 3.74. The van der Waals surface area contributed by atoms with Gasteiger partial charge in [0.15, 0.2) is 0 Å². The highest BCUT2D eigenvalue weighted by Crippen LogP contribution is 2.58. The number of amides is 1. The molecular weight excluding hydrogens is 394 g/mol. The van der Waals surface area contributed by atoms with Gasteiger partial charge in [-0.05, 0) is 111 Å². The summed E-state index contributed by atoms with van der Waals surface area (Å²) in [6.45, 7) is 0.565. The number of rotatable bonds is 3. The van der Waals surface area contributed by atoms with Gasteiger partial charge in [-0.1, -0.05) is 23.8 Å². The predicted octanol–water partition coefficient (Wildman–Crippen LogP) is 5.47. The van der Waals surface area contributed by atoms with Gasteiger partial charge in [-0.15, -0.1) is 0 Å². The summed E-state index contributed by atoms with van der Waals surface area (Å²) in [4.78, 5) is 13.0. The lowest BCUT2D eigenvalue weighted by Crippen LogP contribution is -2.47. The molecule has 170 valence electrons. The summed E-state index contributed by atoms with van der Waals surface area (Å²) >= 11 is 0. The number of nitrogens with zero attached hydrogens (tertiary/aromatic N) is 2. The SMILES string of the molecule is O=C(NCc1ccnnc1)C1CCC2CCC3C4CCC5CCC=CC5C4=CCC3C2C1. The molecular formula is C28H37N3O. The average molecular weight is 432 g/mol. The van der Waals surface area contributed by atoms with Gasteiger partial charge in [0.05, 0.1) is 6.20 Å². The fourth-order valence-electron chi connectivity index (χ4n) is 8.36. The Morgan fingerprint density at radius 3 is 2.78 bits per heavy atom. The monoisotopic (exact) mass is 431 g/mol. The number of hydrogen-bond acceptors (Lipinski definition) is 3. The van der Waals surface area contributed by atoms with Crippen molar-refractivity contribution in [3.8, 4) is 0 Å². The zero-order valence-corrected chi connectivity index (χ0v) is 19.2. The first-order valence-electron chi connectivity index (χ1n) is 13.2. The predicted molar refractivity (Wildman–Crippen MR) is 125 cm³/mol. The lowest BCUT2D eigenvalue weighted by Gasteiger charge is -2.54. The maximum absolute atomic E-state index is 13.0. The minimum absolute atomic E-state index is 0.187. The molecule has 1 N–H and O–H groups in total. The Hall–Kier alpha value is -1.97. The van der Waals surface area contributed by atoms with E-state index < -0.39 is 0 Å². The first kappa shape index (κ1) is 20.6. The van der Waals surface area contributed by atoms with E-state index in [9.17, 15) is 4.79 Å². The molecule has 4 heteroatoms. The van der Waals surface area contributed by atoms with Crippen LogP contribution in [0.4, 0.5) is 0 Å². The van der Waals surface area contributed by atoms with E-state index in [1.54, 1.807) is 12.4 Å². The summed E-state index contributed by atoms with van der Waals surface area (Å²) in [5, 5.41) is 10.9. The summed E-state index contributed by atoms with van der Waals surface area (Å²) in [6.07, 6.45) is 24.2. The molecule has 1 amide bonds. The van der Waals surface area contributed by atoms with E-state index in [4.69, 9.17) is 0 Å². The van der Waals surface area contributed by atoms with E-state index >= 15 is 0 Å². The molecule has 0 saturated heterocycles. The van der Waals surface area contributed by atoms with Crippen molar-refractivity contribution >= 4 is 5.91 Å². The van der Waals surface area contributed by atoms with E-state index in [1.807, 2.05) is 11.6 Å². The third-order valence-electron chi connectivity index (χ3n) is 9.86. The van der Waals surface area contributed by atoms with Crippen LogP contribution in [0.15, 0.2) is 42.3 Å². The quantitative estimate of drug-likeness (QED) is 0.645. The third-order valence-corrected chi connectivity index (χ3v) is 9.86. The van der Waals surface area contributed by atoms with Crippen molar-refractivity contribution in [1.82, 2.24) is 15.5 Å².